The highest BCUT2D eigenvalue weighted by Crippen LogP contribution is 2.26. The van der Waals surface area contributed by atoms with Gasteiger partial charge in [0.05, 0.1) is 28.7 Å². The van der Waals surface area contributed by atoms with Crippen LogP contribution in [-0.2, 0) is 17.8 Å². The van der Waals surface area contributed by atoms with Crippen LogP contribution in [0, 0.1) is 0 Å². The molecule has 0 fully saturated rings. The summed E-state index contributed by atoms with van der Waals surface area (Å²) >= 11 is 1.07. The SMILES string of the molecule is O=C(CCc1nc2ccccc2[nH]c1=O)Nc1nnc(CN2C(=O)c3ccccc3C2=O)s1. The van der Waals surface area contributed by atoms with E-state index in [4.69, 9.17) is 0 Å². The molecule has 5 rings (SSSR count). The molecule has 0 saturated heterocycles. The Morgan fingerprint density at radius 3 is 2.42 bits per heavy atom. The van der Waals surface area contributed by atoms with Gasteiger partial charge in [0.1, 0.15) is 10.7 Å². The zero-order chi connectivity index (χ0) is 22.9. The van der Waals surface area contributed by atoms with Crippen molar-refractivity contribution >= 4 is 45.2 Å². The predicted molar refractivity (Wildman–Crippen MR) is 120 cm³/mol. The fraction of sp³-hybridized carbons (Fsp3) is 0.136. The lowest BCUT2D eigenvalue weighted by Gasteiger charge is -2.10. The first-order valence-corrected chi connectivity index (χ1v) is 10.9. The van der Waals surface area contributed by atoms with Crippen molar-refractivity contribution < 1.29 is 14.4 Å². The van der Waals surface area contributed by atoms with Crippen LogP contribution >= 0.6 is 11.3 Å². The van der Waals surface area contributed by atoms with Crippen molar-refractivity contribution in [1.82, 2.24) is 25.1 Å². The minimum absolute atomic E-state index is 0.0295. The number of aromatic nitrogens is 4. The molecule has 0 bridgehead atoms. The molecule has 3 amide bonds. The molecule has 0 spiro atoms. The zero-order valence-corrected chi connectivity index (χ0v) is 17.9. The van der Waals surface area contributed by atoms with Gasteiger partial charge in [-0.1, -0.05) is 35.6 Å². The number of anilines is 1. The van der Waals surface area contributed by atoms with E-state index in [1.807, 2.05) is 6.07 Å². The Morgan fingerprint density at radius 1 is 0.970 bits per heavy atom. The second-order valence-corrected chi connectivity index (χ2v) is 8.38. The van der Waals surface area contributed by atoms with Gasteiger partial charge in [0.2, 0.25) is 11.0 Å². The Labute approximate surface area is 190 Å². The first-order chi connectivity index (χ1) is 16.0. The number of fused-ring (bicyclic) bond motifs is 2. The first-order valence-electron chi connectivity index (χ1n) is 10.0. The van der Waals surface area contributed by atoms with Crippen molar-refractivity contribution in [1.29, 1.82) is 0 Å². The monoisotopic (exact) mass is 460 g/mol. The third kappa shape index (κ3) is 4.01. The Morgan fingerprint density at radius 2 is 1.67 bits per heavy atom. The number of nitrogens with zero attached hydrogens (tertiary/aromatic N) is 4. The number of imide groups is 1. The second-order valence-electron chi connectivity index (χ2n) is 7.32. The largest absolute Gasteiger partial charge is 0.319 e. The summed E-state index contributed by atoms with van der Waals surface area (Å²) in [6, 6.07) is 13.8. The van der Waals surface area contributed by atoms with Crippen molar-refractivity contribution in [2.75, 3.05) is 5.32 Å². The lowest BCUT2D eigenvalue weighted by Crippen LogP contribution is -2.29. The van der Waals surface area contributed by atoms with Crippen LogP contribution < -0.4 is 10.9 Å². The van der Waals surface area contributed by atoms with Crippen molar-refractivity contribution in [3.05, 3.63) is 80.7 Å². The van der Waals surface area contributed by atoms with E-state index in [0.29, 0.717) is 27.2 Å². The average Bonchev–Trinajstić information content (AvgIpc) is 3.36. The van der Waals surface area contributed by atoms with Crippen LogP contribution in [0.15, 0.2) is 53.3 Å². The lowest BCUT2D eigenvalue weighted by molar-refractivity contribution is -0.116. The molecule has 2 aromatic carbocycles. The summed E-state index contributed by atoms with van der Waals surface area (Å²) in [6.45, 7) is -0.0315. The van der Waals surface area contributed by atoms with Crippen LogP contribution in [0.1, 0.15) is 37.8 Å². The molecule has 0 aliphatic carbocycles. The number of nitrogens with one attached hydrogen (secondary N) is 2. The van der Waals surface area contributed by atoms with Crippen LogP contribution in [0.4, 0.5) is 5.13 Å². The van der Waals surface area contributed by atoms with Crippen molar-refractivity contribution in [3.8, 4) is 0 Å². The molecule has 0 radical (unpaired) electrons. The van der Waals surface area contributed by atoms with E-state index < -0.39 is 0 Å². The molecule has 3 heterocycles. The van der Waals surface area contributed by atoms with Crippen LogP contribution in [0.5, 0.6) is 0 Å². The highest BCUT2D eigenvalue weighted by Gasteiger charge is 2.35. The fourth-order valence-electron chi connectivity index (χ4n) is 3.54. The van der Waals surface area contributed by atoms with Crippen LogP contribution in [0.3, 0.4) is 0 Å². The molecule has 164 valence electrons. The van der Waals surface area contributed by atoms with E-state index in [1.165, 1.54) is 0 Å². The van der Waals surface area contributed by atoms with Crippen molar-refractivity contribution in [2.24, 2.45) is 0 Å². The first kappa shape index (κ1) is 20.6. The van der Waals surface area contributed by atoms with E-state index >= 15 is 0 Å². The summed E-state index contributed by atoms with van der Waals surface area (Å²) in [7, 11) is 0. The number of rotatable bonds is 6. The van der Waals surface area contributed by atoms with Gasteiger partial charge in [-0.05, 0) is 24.3 Å². The summed E-state index contributed by atoms with van der Waals surface area (Å²) in [5.41, 5.74) is 1.94. The van der Waals surface area contributed by atoms with E-state index in [1.54, 1.807) is 42.5 Å². The third-order valence-corrected chi connectivity index (χ3v) is 5.97. The molecule has 0 saturated carbocycles. The Kier molecular flexibility index (Phi) is 5.23. The Hall–Kier alpha value is -4.25. The number of H-pyrrole nitrogens is 1. The van der Waals surface area contributed by atoms with Gasteiger partial charge in [0.15, 0.2) is 0 Å². The number of hydrogen-bond donors (Lipinski definition) is 2. The number of carbonyl (C=O) groups excluding carboxylic acids is 3. The number of amides is 3. The van der Waals surface area contributed by atoms with Gasteiger partial charge < -0.3 is 10.3 Å². The summed E-state index contributed by atoms with van der Waals surface area (Å²) in [5.74, 6) is -1.12. The van der Waals surface area contributed by atoms with Gasteiger partial charge in [0, 0.05) is 12.8 Å². The molecule has 1 aliphatic rings. The second kappa shape index (κ2) is 8.36. The van der Waals surface area contributed by atoms with Gasteiger partial charge in [-0.2, -0.15) is 0 Å². The summed E-state index contributed by atoms with van der Waals surface area (Å²) in [5, 5.41) is 11.2. The van der Waals surface area contributed by atoms with Crippen LogP contribution in [0.2, 0.25) is 0 Å². The Balaban J connectivity index is 1.20. The predicted octanol–water partition coefficient (Wildman–Crippen LogP) is 2.14. The number of aromatic amines is 1. The van der Waals surface area contributed by atoms with Gasteiger partial charge >= 0.3 is 0 Å². The quantitative estimate of drug-likeness (QED) is 0.420. The maximum absolute atomic E-state index is 12.5. The summed E-state index contributed by atoms with van der Waals surface area (Å²) < 4.78 is 0. The number of hydrogen-bond acceptors (Lipinski definition) is 8. The van der Waals surface area contributed by atoms with Gasteiger partial charge in [-0.3, -0.25) is 24.1 Å². The molecule has 0 atom stereocenters. The van der Waals surface area contributed by atoms with Crippen LogP contribution in [0.25, 0.3) is 11.0 Å². The number of carbonyl (C=O) groups is 3. The molecule has 2 N–H and O–H groups in total. The topological polar surface area (TPSA) is 138 Å². The van der Waals surface area contributed by atoms with Gasteiger partial charge in [-0.25, -0.2) is 4.98 Å². The third-order valence-electron chi connectivity index (χ3n) is 5.14. The molecule has 4 aromatic rings. The Bertz CT molecular complexity index is 1440. The van der Waals surface area contributed by atoms with Gasteiger partial charge in [-0.15, -0.1) is 10.2 Å². The average molecular weight is 460 g/mol. The van der Waals surface area contributed by atoms with Gasteiger partial charge in [0.25, 0.3) is 17.4 Å². The molecule has 11 heteroatoms. The number of benzene rings is 2. The summed E-state index contributed by atoms with van der Waals surface area (Å²) in [4.78, 5) is 57.7. The standard InChI is InChI=1S/C22H16N6O4S/c29-17(10-9-16-19(30)24-15-8-4-3-7-14(15)23-16)25-22-27-26-18(33-22)11-28-20(31)12-5-1-2-6-13(12)21(28)32/h1-8H,9-11H2,(H,24,30)(H,25,27,29). The summed E-state index contributed by atoms with van der Waals surface area (Å²) in [6.07, 6.45) is 0.189. The minimum Gasteiger partial charge on any atom is -0.319 e. The smallest absolute Gasteiger partial charge is 0.270 e. The fourth-order valence-corrected chi connectivity index (χ4v) is 4.28. The highest BCUT2D eigenvalue weighted by molar-refractivity contribution is 7.15. The van der Waals surface area contributed by atoms with E-state index in [9.17, 15) is 19.2 Å². The molecule has 1 aliphatic heterocycles. The molecule has 2 aromatic heterocycles. The van der Waals surface area contributed by atoms with E-state index in [2.05, 4.69) is 25.5 Å². The molecule has 33 heavy (non-hydrogen) atoms. The number of aryl methyl sites for hydroxylation is 1. The minimum atomic E-state index is -0.385. The van der Waals surface area contributed by atoms with E-state index in [-0.39, 0.29) is 53.5 Å². The van der Waals surface area contributed by atoms with Crippen molar-refractivity contribution in [3.63, 3.8) is 0 Å². The van der Waals surface area contributed by atoms with Crippen molar-refractivity contribution in [2.45, 2.75) is 19.4 Å². The molecule has 10 nitrogen and oxygen atoms in total. The highest BCUT2D eigenvalue weighted by atomic mass is 32.1. The molecule has 0 unspecified atom stereocenters. The molecular formula is C22H16N6O4S. The zero-order valence-electron chi connectivity index (χ0n) is 17.1. The van der Waals surface area contributed by atoms with Crippen LogP contribution in [-0.4, -0.2) is 42.8 Å². The lowest BCUT2D eigenvalue weighted by atomic mass is 10.1. The number of para-hydroxylation sites is 2. The maximum Gasteiger partial charge on any atom is 0.270 e. The van der Waals surface area contributed by atoms with E-state index in [0.717, 1.165) is 16.2 Å². The normalized spacial score (nSPS) is 12.9. The maximum atomic E-state index is 12.5. The molecular weight excluding hydrogens is 444 g/mol.